The van der Waals surface area contributed by atoms with E-state index in [4.69, 9.17) is 4.74 Å². The summed E-state index contributed by atoms with van der Waals surface area (Å²) in [4.78, 5) is 0. The molecule has 140 valence electrons. The molecule has 1 saturated carbocycles. The summed E-state index contributed by atoms with van der Waals surface area (Å²) >= 11 is 0. The summed E-state index contributed by atoms with van der Waals surface area (Å²) in [6.45, 7) is 11.5. The van der Waals surface area contributed by atoms with E-state index in [1.807, 2.05) is 6.07 Å². The van der Waals surface area contributed by atoms with Crippen LogP contribution in [0.25, 0.3) is 0 Å². The van der Waals surface area contributed by atoms with Crippen LogP contribution in [-0.2, 0) is 5.41 Å². The van der Waals surface area contributed by atoms with Gasteiger partial charge in [0.25, 0.3) is 0 Å². The molecule has 0 radical (unpaired) electrons. The van der Waals surface area contributed by atoms with E-state index < -0.39 is 0 Å². The van der Waals surface area contributed by atoms with Crippen LogP contribution in [0.15, 0.2) is 12.1 Å². The molecule has 1 N–H and O–H groups in total. The van der Waals surface area contributed by atoms with E-state index in [1.54, 1.807) is 0 Å². The number of unbranched alkanes of at least 4 members (excludes halogenated alkanes) is 3. The molecule has 0 amide bonds. The van der Waals surface area contributed by atoms with Crippen molar-refractivity contribution in [1.82, 2.24) is 0 Å². The Kier molecular flexibility index (Phi) is 5.10. The Morgan fingerprint density at radius 2 is 1.96 bits per heavy atom. The van der Waals surface area contributed by atoms with Crippen molar-refractivity contribution in [1.29, 1.82) is 0 Å². The van der Waals surface area contributed by atoms with Gasteiger partial charge in [-0.3, -0.25) is 0 Å². The quantitative estimate of drug-likeness (QED) is 0.582. The van der Waals surface area contributed by atoms with Gasteiger partial charge >= 0.3 is 0 Å². The third-order valence-corrected chi connectivity index (χ3v) is 6.54. The third-order valence-electron chi connectivity index (χ3n) is 6.54. The Labute approximate surface area is 154 Å². The van der Waals surface area contributed by atoms with E-state index in [9.17, 15) is 5.11 Å². The predicted molar refractivity (Wildman–Crippen MR) is 105 cm³/mol. The van der Waals surface area contributed by atoms with Crippen LogP contribution >= 0.6 is 0 Å². The van der Waals surface area contributed by atoms with E-state index in [0.29, 0.717) is 17.1 Å². The standard InChI is InChI=1S/C23H36O2/c1-6-7-8-9-11-23(4,5)16-13-18(24)21-17-10-12-22(2,3)15-20(17)25-19(21)14-16/h13-14,17,20,24H,6-12,15H2,1-5H3/t17-,20+/m0/s1. The average Bonchev–Trinajstić information content (AvgIpc) is 2.88. The number of rotatable bonds is 6. The highest BCUT2D eigenvalue weighted by atomic mass is 16.5. The smallest absolute Gasteiger partial charge is 0.127 e. The van der Waals surface area contributed by atoms with Crippen molar-refractivity contribution in [3.05, 3.63) is 23.3 Å². The van der Waals surface area contributed by atoms with Gasteiger partial charge in [0, 0.05) is 11.5 Å². The first-order chi connectivity index (χ1) is 11.7. The molecule has 2 aliphatic rings. The maximum absolute atomic E-state index is 10.8. The Bertz CT molecular complexity index is 615. The highest BCUT2D eigenvalue weighted by Gasteiger charge is 2.44. The van der Waals surface area contributed by atoms with Gasteiger partial charge in [-0.15, -0.1) is 0 Å². The van der Waals surface area contributed by atoms with E-state index >= 15 is 0 Å². The van der Waals surface area contributed by atoms with Gasteiger partial charge in [-0.1, -0.05) is 60.3 Å². The minimum atomic E-state index is 0.0800. The first kappa shape index (κ1) is 18.6. The number of fused-ring (bicyclic) bond motifs is 3. The van der Waals surface area contributed by atoms with Crippen molar-refractivity contribution in [2.24, 2.45) is 5.41 Å². The predicted octanol–water partition coefficient (Wildman–Crippen LogP) is 6.69. The molecule has 2 nitrogen and oxygen atoms in total. The van der Waals surface area contributed by atoms with Gasteiger partial charge in [-0.05, 0) is 54.2 Å². The summed E-state index contributed by atoms with van der Waals surface area (Å²) < 4.78 is 6.35. The first-order valence-electron chi connectivity index (χ1n) is 10.3. The zero-order chi connectivity index (χ0) is 18.2. The van der Waals surface area contributed by atoms with Crippen molar-refractivity contribution in [3.63, 3.8) is 0 Å². The molecule has 0 unspecified atom stereocenters. The zero-order valence-corrected chi connectivity index (χ0v) is 16.8. The molecule has 1 aromatic rings. The second kappa shape index (κ2) is 6.85. The van der Waals surface area contributed by atoms with Crippen LogP contribution in [0.2, 0.25) is 0 Å². The molecular weight excluding hydrogens is 308 g/mol. The lowest BCUT2D eigenvalue weighted by Crippen LogP contribution is -2.32. The number of phenols is 1. The molecule has 1 heterocycles. The van der Waals surface area contributed by atoms with E-state index in [1.165, 1.54) is 37.7 Å². The maximum Gasteiger partial charge on any atom is 0.127 e. The molecule has 0 aromatic heterocycles. The number of hydrogen-bond donors (Lipinski definition) is 1. The molecule has 25 heavy (non-hydrogen) atoms. The van der Waals surface area contributed by atoms with Gasteiger partial charge in [0.15, 0.2) is 0 Å². The van der Waals surface area contributed by atoms with E-state index in [2.05, 4.69) is 40.7 Å². The lowest BCUT2D eigenvalue weighted by atomic mass is 9.70. The fourth-order valence-electron chi connectivity index (χ4n) is 4.75. The Morgan fingerprint density at radius 3 is 2.68 bits per heavy atom. The van der Waals surface area contributed by atoms with Crippen LogP contribution in [0, 0.1) is 5.41 Å². The zero-order valence-electron chi connectivity index (χ0n) is 16.8. The van der Waals surface area contributed by atoms with Gasteiger partial charge < -0.3 is 9.84 Å². The number of aromatic hydroxyl groups is 1. The highest BCUT2D eigenvalue weighted by molar-refractivity contribution is 5.54. The molecule has 2 heteroatoms. The Hall–Kier alpha value is -1.18. The van der Waals surface area contributed by atoms with Crippen LogP contribution < -0.4 is 4.74 Å². The van der Waals surface area contributed by atoms with Gasteiger partial charge in [0.2, 0.25) is 0 Å². The van der Waals surface area contributed by atoms with Crippen molar-refractivity contribution in [2.45, 2.75) is 103 Å². The minimum absolute atomic E-state index is 0.0800. The summed E-state index contributed by atoms with van der Waals surface area (Å²) in [5, 5.41) is 10.8. The maximum atomic E-state index is 10.8. The van der Waals surface area contributed by atoms with Crippen LogP contribution in [0.3, 0.4) is 0 Å². The first-order valence-corrected chi connectivity index (χ1v) is 10.3. The molecular formula is C23H36O2. The van der Waals surface area contributed by atoms with Gasteiger partial charge in [-0.2, -0.15) is 0 Å². The number of hydrogen-bond acceptors (Lipinski definition) is 2. The summed E-state index contributed by atoms with van der Waals surface area (Å²) in [5.41, 5.74) is 2.72. The van der Waals surface area contributed by atoms with Crippen molar-refractivity contribution >= 4 is 0 Å². The second-order valence-corrected chi connectivity index (χ2v) is 9.77. The van der Waals surface area contributed by atoms with Gasteiger partial charge in [-0.25, -0.2) is 0 Å². The lowest BCUT2D eigenvalue weighted by Gasteiger charge is -2.36. The SMILES string of the molecule is CCCCCCC(C)(C)c1cc(O)c2c(c1)O[C@@H]1CC(C)(C)CC[C@H]21. The average molecular weight is 345 g/mol. The van der Waals surface area contributed by atoms with Gasteiger partial charge in [0.1, 0.15) is 17.6 Å². The van der Waals surface area contributed by atoms with Crippen molar-refractivity contribution in [3.8, 4) is 11.5 Å². The van der Waals surface area contributed by atoms with Gasteiger partial charge in [0.05, 0.1) is 0 Å². The molecule has 1 aromatic carbocycles. The molecule has 3 rings (SSSR count). The summed E-state index contributed by atoms with van der Waals surface area (Å²) in [6.07, 6.45) is 9.95. The monoisotopic (exact) mass is 344 g/mol. The van der Waals surface area contributed by atoms with Crippen molar-refractivity contribution in [2.75, 3.05) is 0 Å². The van der Waals surface area contributed by atoms with Crippen LogP contribution in [0.4, 0.5) is 0 Å². The fraction of sp³-hybridized carbons (Fsp3) is 0.739. The number of ether oxygens (including phenoxy) is 1. The molecule has 1 fully saturated rings. The Morgan fingerprint density at radius 1 is 1.20 bits per heavy atom. The van der Waals surface area contributed by atoms with E-state index in [-0.39, 0.29) is 11.5 Å². The summed E-state index contributed by atoms with van der Waals surface area (Å²) in [5.74, 6) is 1.79. The molecule has 1 aliphatic heterocycles. The third kappa shape index (κ3) is 3.83. The van der Waals surface area contributed by atoms with E-state index in [0.717, 1.165) is 30.6 Å². The fourth-order valence-corrected chi connectivity index (χ4v) is 4.75. The molecule has 0 spiro atoms. The largest absolute Gasteiger partial charge is 0.508 e. The summed E-state index contributed by atoms with van der Waals surface area (Å²) in [6, 6.07) is 4.24. The summed E-state index contributed by atoms with van der Waals surface area (Å²) in [7, 11) is 0. The van der Waals surface area contributed by atoms with Crippen LogP contribution in [-0.4, -0.2) is 11.2 Å². The molecule has 2 atom stereocenters. The normalized spacial score (nSPS) is 24.5. The van der Waals surface area contributed by atoms with Crippen LogP contribution in [0.1, 0.15) is 103 Å². The number of benzene rings is 1. The Balaban J connectivity index is 1.79. The number of phenolic OH excluding ortho intramolecular Hbond substituents is 1. The molecule has 0 bridgehead atoms. The van der Waals surface area contributed by atoms with Crippen LogP contribution in [0.5, 0.6) is 11.5 Å². The minimum Gasteiger partial charge on any atom is -0.508 e. The lowest BCUT2D eigenvalue weighted by molar-refractivity contribution is 0.0882. The second-order valence-electron chi connectivity index (χ2n) is 9.77. The molecule has 1 aliphatic carbocycles. The molecule has 0 saturated heterocycles. The topological polar surface area (TPSA) is 29.5 Å². The highest BCUT2D eigenvalue weighted by Crippen LogP contribution is 2.54. The van der Waals surface area contributed by atoms with Crippen molar-refractivity contribution < 1.29 is 9.84 Å².